The highest BCUT2D eigenvalue weighted by molar-refractivity contribution is 7.89. The third kappa shape index (κ3) is 5.85. The normalized spacial score (nSPS) is 11.3. The molecular weight excluding hydrogens is 444 g/mol. The molecule has 1 N–H and O–H groups in total. The average Bonchev–Trinajstić information content (AvgIpc) is 2.75. The first-order valence-electron chi connectivity index (χ1n) is 8.94. The maximum absolute atomic E-state index is 13.1. The van der Waals surface area contributed by atoms with Gasteiger partial charge in [-0.3, -0.25) is 19.9 Å². The average molecular weight is 461 g/mol. The van der Waals surface area contributed by atoms with Crippen LogP contribution in [0, 0.1) is 10.1 Å². The zero-order valence-corrected chi connectivity index (χ0v) is 17.6. The number of nitrogens with one attached hydrogen (secondary N) is 1. The van der Waals surface area contributed by atoms with E-state index in [0.717, 1.165) is 4.31 Å². The maximum atomic E-state index is 13.1. The summed E-state index contributed by atoms with van der Waals surface area (Å²) in [4.78, 5) is 26.6. The lowest BCUT2D eigenvalue weighted by molar-refractivity contribution is -0.384. The van der Waals surface area contributed by atoms with Crippen molar-refractivity contribution in [2.45, 2.75) is 11.4 Å². The Morgan fingerprint density at radius 1 is 1.10 bits per heavy atom. The molecule has 3 rings (SSSR count). The number of non-ortho nitro benzene ring substituents is 1. The molecule has 0 aliphatic heterocycles. The Kier molecular flexibility index (Phi) is 6.95. The number of nitrogens with zero attached hydrogens (tertiary/aromatic N) is 3. The first-order chi connectivity index (χ1) is 14.8. The number of nitro groups is 1. The van der Waals surface area contributed by atoms with E-state index in [1.165, 1.54) is 48.8 Å². The molecule has 0 saturated heterocycles. The van der Waals surface area contributed by atoms with Crippen molar-refractivity contribution < 1.29 is 18.1 Å². The number of anilines is 1. The molecule has 160 valence electrons. The highest BCUT2D eigenvalue weighted by atomic mass is 35.5. The largest absolute Gasteiger partial charge is 0.325 e. The molecule has 0 aliphatic carbocycles. The van der Waals surface area contributed by atoms with Crippen molar-refractivity contribution in [1.29, 1.82) is 0 Å². The molecule has 1 amide bonds. The molecule has 1 heterocycles. The van der Waals surface area contributed by atoms with Crippen LogP contribution in [0.3, 0.4) is 0 Å². The molecule has 0 spiro atoms. The maximum Gasteiger partial charge on any atom is 0.269 e. The molecule has 0 aliphatic rings. The van der Waals surface area contributed by atoms with Crippen molar-refractivity contribution in [3.63, 3.8) is 0 Å². The van der Waals surface area contributed by atoms with E-state index in [4.69, 9.17) is 11.6 Å². The van der Waals surface area contributed by atoms with E-state index < -0.39 is 27.4 Å². The lowest BCUT2D eigenvalue weighted by atomic mass is 10.2. The Labute approximate surface area is 183 Å². The van der Waals surface area contributed by atoms with Crippen LogP contribution >= 0.6 is 11.6 Å². The fraction of sp³-hybridized carbons (Fsp3) is 0.100. The predicted octanol–water partition coefficient (Wildman–Crippen LogP) is 3.47. The first-order valence-corrected chi connectivity index (χ1v) is 10.8. The smallest absolute Gasteiger partial charge is 0.269 e. The SMILES string of the molecule is O=C(CN(Cc1ccc(Cl)cc1)S(=O)(=O)c1cccnc1)Nc1ccc([N+](=O)[O-])cc1. The fourth-order valence-electron chi connectivity index (χ4n) is 2.70. The molecule has 9 nitrogen and oxygen atoms in total. The molecule has 0 radical (unpaired) electrons. The third-order valence-electron chi connectivity index (χ3n) is 4.23. The number of aromatic nitrogens is 1. The topological polar surface area (TPSA) is 123 Å². The summed E-state index contributed by atoms with van der Waals surface area (Å²) in [6.07, 6.45) is 2.66. The summed E-state index contributed by atoms with van der Waals surface area (Å²) in [5, 5.41) is 13.8. The summed E-state index contributed by atoms with van der Waals surface area (Å²) in [6.45, 7) is -0.543. The highest BCUT2D eigenvalue weighted by Gasteiger charge is 2.27. The van der Waals surface area contributed by atoms with Crippen molar-refractivity contribution >= 4 is 38.9 Å². The zero-order chi connectivity index (χ0) is 22.4. The van der Waals surface area contributed by atoms with E-state index >= 15 is 0 Å². The molecule has 0 fully saturated rings. The van der Waals surface area contributed by atoms with Gasteiger partial charge < -0.3 is 5.32 Å². The minimum Gasteiger partial charge on any atom is -0.325 e. The van der Waals surface area contributed by atoms with Gasteiger partial charge in [0.15, 0.2) is 0 Å². The van der Waals surface area contributed by atoms with Gasteiger partial charge in [0.05, 0.1) is 11.5 Å². The molecule has 1 aromatic heterocycles. The summed E-state index contributed by atoms with van der Waals surface area (Å²) in [6, 6.07) is 14.7. The molecule has 0 atom stereocenters. The Hall–Kier alpha value is -3.34. The van der Waals surface area contributed by atoms with Crippen LogP contribution in [0.5, 0.6) is 0 Å². The van der Waals surface area contributed by atoms with Crippen molar-refractivity contribution in [3.8, 4) is 0 Å². The number of benzene rings is 2. The van der Waals surface area contributed by atoms with Crippen LogP contribution in [0.4, 0.5) is 11.4 Å². The number of rotatable bonds is 8. The van der Waals surface area contributed by atoms with Gasteiger partial charge in [0.2, 0.25) is 15.9 Å². The highest BCUT2D eigenvalue weighted by Crippen LogP contribution is 2.20. The lowest BCUT2D eigenvalue weighted by Gasteiger charge is -2.22. The zero-order valence-electron chi connectivity index (χ0n) is 16.0. The van der Waals surface area contributed by atoms with Gasteiger partial charge in [-0.25, -0.2) is 8.42 Å². The van der Waals surface area contributed by atoms with E-state index in [1.807, 2.05) is 0 Å². The minimum absolute atomic E-state index is 0.0490. The van der Waals surface area contributed by atoms with Gasteiger partial charge in [-0.15, -0.1) is 0 Å². The van der Waals surface area contributed by atoms with Crippen LogP contribution in [0.25, 0.3) is 0 Å². The lowest BCUT2D eigenvalue weighted by Crippen LogP contribution is -2.37. The van der Waals surface area contributed by atoms with Crippen LogP contribution in [-0.4, -0.2) is 35.1 Å². The molecule has 0 unspecified atom stereocenters. The summed E-state index contributed by atoms with van der Waals surface area (Å²) in [7, 11) is -4.03. The van der Waals surface area contributed by atoms with E-state index in [1.54, 1.807) is 24.3 Å². The van der Waals surface area contributed by atoms with Crippen LogP contribution in [0.15, 0.2) is 78.0 Å². The quantitative estimate of drug-likeness (QED) is 0.405. The Morgan fingerprint density at radius 2 is 1.77 bits per heavy atom. The molecule has 31 heavy (non-hydrogen) atoms. The Balaban J connectivity index is 1.82. The van der Waals surface area contributed by atoms with Crippen molar-refractivity contribution in [1.82, 2.24) is 9.29 Å². The molecule has 2 aromatic carbocycles. The monoisotopic (exact) mass is 460 g/mol. The second kappa shape index (κ2) is 9.65. The number of hydrogen-bond donors (Lipinski definition) is 1. The minimum atomic E-state index is -4.03. The molecule has 0 saturated carbocycles. The van der Waals surface area contributed by atoms with Crippen LogP contribution in [0.2, 0.25) is 5.02 Å². The summed E-state index contributed by atoms with van der Waals surface area (Å²) < 4.78 is 27.3. The van der Waals surface area contributed by atoms with Gasteiger partial charge in [-0.1, -0.05) is 23.7 Å². The molecule has 11 heteroatoms. The van der Waals surface area contributed by atoms with Crippen LogP contribution < -0.4 is 5.32 Å². The number of hydrogen-bond acceptors (Lipinski definition) is 6. The van der Waals surface area contributed by atoms with Crippen LogP contribution in [0.1, 0.15) is 5.56 Å². The van der Waals surface area contributed by atoms with Gasteiger partial charge in [0.1, 0.15) is 4.90 Å². The van der Waals surface area contributed by atoms with E-state index in [9.17, 15) is 23.3 Å². The number of nitro benzene ring substituents is 1. The van der Waals surface area contributed by atoms with Crippen molar-refractivity contribution in [2.75, 3.05) is 11.9 Å². The number of pyridine rings is 1. The third-order valence-corrected chi connectivity index (χ3v) is 6.25. The van der Waals surface area contributed by atoms with Gasteiger partial charge in [-0.05, 0) is 42.0 Å². The molecular formula is C20H17ClN4O5S. The van der Waals surface area contributed by atoms with Crippen LogP contribution in [-0.2, 0) is 21.4 Å². The van der Waals surface area contributed by atoms with E-state index in [-0.39, 0.29) is 17.1 Å². The number of carbonyl (C=O) groups is 1. The molecule has 0 bridgehead atoms. The Morgan fingerprint density at radius 3 is 2.35 bits per heavy atom. The van der Waals surface area contributed by atoms with E-state index in [2.05, 4.69) is 10.3 Å². The van der Waals surface area contributed by atoms with E-state index in [0.29, 0.717) is 16.3 Å². The summed E-state index contributed by atoms with van der Waals surface area (Å²) in [5.74, 6) is -0.602. The second-order valence-electron chi connectivity index (χ2n) is 6.44. The number of amides is 1. The number of halogens is 1. The second-order valence-corrected chi connectivity index (χ2v) is 8.81. The number of carbonyl (C=O) groups excluding carboxylic acids is 1. The van der Waals surface area contributed by atoms with Gasteiger partial charge in [-0.2, -0.15) is 4.31 Å². The van der Waals surface area contributed by atoms with Crippen molar-refractivity contribution in [3.05, 3.63) is 93.8 Å². The van der Waals surface area contributed by atoms with Gasteiger partial charge in [0.25, 0.3) is 5.69 Å². The van der Waals surface area contributed by atoms with Crippen molar-refractivity contribution in [2.24, 2.45) is 0 Å². The Bertz CT molecular complexity index is 1170. The number of sulfonamides is 1. The van der Waals surface area contributed by atoms with Gasteiger partial charge in [0, 0.05) is 41.8 Å². The summed E-state index contributed by atoms with van der Waals surface area (Å²) >= 11 is 5.89. The standard InChI is InChI=1S/C20H17ClN4O5S/c21-16-5-3-15(4-6-16)13-24(31(29,30)19-2-1-11-22-12-19)14-20(26)23-17-7-9-18(10-8-17)25(27)28/h1-12H,13-14H2,(H,23,26). The summed E-state index contributed by atoms with van der Waals surface area (Å²) in [5.41, 5.74) is 0.822. The molecule has 3 aromatic rings. The fourth-order valence-corrected chi connectivity index (χ4v) is 4.17. The predicted molar refractivity (Wildman–Crippen MR) is 115 cm³/mol. The van der Waals surface area contributed by atoms with Gasteiger partial charge >= 0.3 is 0 Å². The first kappa shape index (κ1) is 22.3.